The van der Waals surface area contributed by atoms with E-state index in [0.717, 1.165) is 4.68 Å². The lowest BCUT2D eigenvalue weighted by molar-refractivity contribution is -0.131. The lowest BCUT2D eigenvalue weighted by Crippen LogP contribution is -2.36. The van der Waals surface area contributed by atoms with Crippen LogP contribution in [0.1, 0.15) is 6.42 Å². The van der Waals surface area contributed by atoms with E-state index in [0.29, 0.717) is 31.3 Å². The van der Waals surface area contributed by atoms with Crippen molar-refractivity contribution in [2.75, 3.05) is 20.2 Å². The van der Waals surface area contributed by atoms with Gasteiger partial charge >= 0.3 is 0 Å². The number of amides is 1. The summed E-state index contributed by atoms with van der Waals surface area (Å²) in [7, 11) is 1.49. The number of rotatable bonds is 5. The van der Waals surface area contributed by atoms with Crippen molar-refractivity contribution in [2.24, 2.45) is 0 Å². The maximum absolute atomic E-state index is 12.3. The molecule has 3 heterocycles. The van der Waals surface area contributed by atoms with Gasteiger partial charge in [0.1, 0.15) is 12.6 Å². The molecule has 1 amide bonds. The van der Waals surface area contributed by atoms with Gasteiger partial charge in [0, 0.05) is 37.6 Å². The molecule has 2 aromatic rings. The van der Waals surface area contributed by atoms with Crippen molar-refractivity contribution < 1.29 is 14.3 Å². The van der Waals surface area contributed by atoms with Crippen molar-refractivity contribution >= 4 is 5.91 Å². The number of hydrogen-bond donors (Lipinski definition) is 0. The minimum atomic E-state index is -0.304. The van der Waals surface area contributed by atoms with Crippen LogP contribution in [0.25, 0.3) is 0 Å². The zero-order valence-corrected chi connectivity index (χ0v) is 13.2. The van der Waals surface area contributed by atoms with E-state index in [1.807, 2.05) is 0 Å². The Hall–Kier alpha value is -2.97. The quantitative estimate of drug-likeness (QED) is 0.743. The number of methoxy groups -OCH3 is 1. The number of aromatic nitrogens is 4. The summed E-state index contributed by atoms with van der Waals surface area (Å²) in [4.78, 5) is 33.7. The standard InChI is InChI=1S/C15H17N5O4/c1-23-14-15(17-7-6-16-14)24-11-4-8-19(9-11)13(22)10-20-12(21)3-2-5-18-20/h2-3,5-7,11H,4,8-10H2,1H3. The van der Waals surface area contributed by atoms with E-state index in [9.17, 15) is 9.59 Å². The topological polar surface area (TPSA) is 99.4 Å². The third-order valence-corrected chi connectivity index (χ3v) is 3.67. The first-order valence-corrected chi connectivity index (χ1v) is 7.49. The van der Waals surface area contributed by atoms with Gasteiger partial charge in [-0.25, -0.2) is 14.6 Å². The van der Waals surface area contributed by atoms with Crippen molar-refractivity contribution in [3.63, 3.8) is 0 Å². The second-order valence-corrected chi connectivity index (χ2v) is 5.26. The highest BCUT2D eigenvalue weighted by Crippen LogP contribution is 2.23. The van der Waals surface area contributed by atoms with Gasteiger partial charge in [0.2, 0.25) is 5.91 Å². The molecule has 24 heavy (non-hydrogen) atoms. The lowest BCUT2D eigenvalue weighted by Gasteiger charge is -2.17. The summed E-state index contributed by atoms with van der Waals surface area (Å²) in [5.41, 5.74) is -0.304. The van der Waals surface area contributed by atoms with Gasteiger partial charge < -0.3 is 14.4 Å². The fourth-order valence-corrected chi connectivity index (χ4v) is 2.48. The van der Waals surface area contributed by atoms with E-state index in [1.165, 1.54) is 37.8 Å². The van der Waals surface area contributed by atoms with Crippen LogP contribution in [0, 0.1) is 0 Å². The minimum absolute atomic E-state index is 0.0825. The van der Waals surface area contributed by atoms with Gasteiger partial charge in [-0.05, 0) is 6.07 Å². The van der Waals surface area contributed by atoms with Crippen LogP contribution in [0.5, 0.6) is 11.8 Å². The summed E-state index contributed by atoms with van der Waals surface area (Å²) in [5, 5.41) is 3.89. The summed E-state index contributed by atoms with van der Waals surface area (Å²) in [6, 6.07) is 2.91. The molecule has 9 heteroatoms. The Morgan fingerprint density at radius 1 is 1.29 bits per heavy atom. The number of ether oxygens (including phenoxy) is 2. The van der Waals surface area contributed by atoms with Gasteiger partial charge in [-0.1, -0.05) is 0 Å². The van der Waals surface area contributed by atoms with Crippen LogP contribution in [0.15, 0.2) is 35.5 Å². The molecule has 1 aliphatic heterocycles. The van der Waals surface area contributed by atoms with E-state index >= 15 is 0 Å². The molecule has 0 radical (unpaired) electrons. The molecule has 9 nitrogen and oxygen atoms in total. The van der Waals surface area contributed by atoms with Crippen LogP contribution in [0.2, 0.25) is 0 Å². The second kappa shape index (κ2) is 7.07. The Labute approximate surface area is 137 Å². The number of carbonyl (C=O) groups excluding carboxylic acids is 1. The molecule has 0 bridgehead atoms. The molecule has 1 saturated heterocycles. The molecule has 1 unspecified atom stereocenters. The molecular formula is C15H17N5O4. The summed E-state index contributed by atoms with van der Waals surface area (Å²) in [6.45, 7) is 0.884. The van der Waals surface area contributed by atoms with E-state index in [4.69, 9.17) is 9.47 Å². The largest absolute Gasteiger partial charge is 0.477 e. The molecule has 1 fully saturated rings. The molecule has 1 aliphatic rings. The summed E-state index contributed by atoms with van der Waals surface area (Å²) in [5.74, 6) is 0.440. The summed E-state index contributed by atoms with van der Waals surface area (Å²) in [6.07, 6.45) is 4.98. The van der Waals surface area contributed by atoms with Crippen LogP contribution in [0.3, 0.4) is 0 Å². The first-order chi connectivity index (χ1) is 11.7. The maximum atomic E-state index is 12.3. The van der Waals surface area contributed by atoms with Crippen molar-refractivity contribution in [3.05, 3.63) is 41.1 Å². The van der Waals surface area contributed by atoms with Crippen LogP contribution >= 0.6 is 0 Å². The van der Waals surface area contributed by atoms with E-state index in [2.05, 4.69) is 15.1 Å². The maximum Gasteiger partial charge on any atom is 0.278 e. The van der Waals surface area contributed by atoms with Crippen molar-refractivity contribution in [1.82, 2.24) is 24.6 Å². The van der Waals surface area contributed by atoms with Gasteiger partial charge in [0.05, 0.1) is 13.7 Å². The van der Waals surface area contributed by atoms with E-state index in [-0.39, 0.29) is 24.1 Å². The molecular weight excluding hydrogens is 314 g/mol. The highest BCUT2D eigenvalue weighted by atomic mass is 16.5. The van der Waals surface area contributed by atoms with Crippen molar-refractivity contribution in [3.8, 4) is 11.8 Å². The van der Waals surface area contributed by atoms with Crippen LogP contribution < -0.4 is 15.0 Å². The highest BCUT2D eigenvalue weighted by Gasteiger charge is 2.29. The number of carbonyl (C=O) groups is 1. The normalized spacial score (nSPS) is 16.9. The third kappa shape index (κ3) is 3.50. The van der Waals surface area contributed by atoms with Crippen LogP contribution in [0.4, 0.5) is 0 Å². The number of hydrogen-bond acceptors (Lipinski definition) is 7. The second-order valence-electron chi connectivity index (χ2n) is 5.26. The molecule has 2 aromatic heterocycles. The van der Waals surface area contributed by atoms with Crippen LogP contribution in [-0.4, -0.2) is 56.9 Å². The fourth-order valence-electron chi connectivity index (χ4n) is 2.48. The monoisotopic (exact) mass is 331 g/mol. The molecule has 0 saturated carbocycles. The van der Waals surface area contributed by atoms with Crippen molar-refractivity contribution in [1.29, 1.82) is 0 Å². The van der Waals surface area contributed by atoms with Gasteiger partial charge in [-0.2, -0.15) is 5.10 Å². The molecule has 126 valence electrons. The summed E-state index contributed by atoms with van der Waals surface area (Å²) < 4.78 is 12.0. The predicted octanol–water partition coefficient (Wildman–Crippen LogP) is -0.278. The first-order valence-electron chi connectivity index (χ1n) is 7.49. The van der Waals surface area contributed by atoms with E-state index < -0.39 is 0 Å². The Kier molecular flexibility index (Phi) is 4.69. The Balaban J connectivity index is 1.60. The Bertz CT molecular complexity index is 778. The molecule has 3 rings (SSSR count). The zero-order valence-electron chi connectivity index (χ0n) is 13.2. The van der Waals surface area contributed by atoms with Crippen molar-refractivity contribution in [2.45, 2.75) is 19.1 Å². The Morgan fingerprint density at radius 3 is 2.83 bits per heavy atom. The van der Waals surface area contributed by atoms with E-state index in [1.54, 1.807) is 4.90 Å². The number of nitrogens with zero attached hydrogens (tertiary/aromatic N) is 5. The molecule has 0 N–H and O–H groups in total. The van der Waals surface area contributed by atoms with Gasteiger partial charge in [0.15, 0.2) is 0 Å². The molecule has 0 aromatic carbocycles. The highest BCUT2D eigenvalue weighted by molar-refractivity contribution is 5.76. The average Bonchev–Trinajstić information content (AvgIpc) is 3.06. The fraction of sp³-hybridized carbons (Fsp3) is 0.400. The molecule has 0 spiro atoms. The predicted molar refractivity (Wildman–Crippen MR) is 82.7 cm³/mol. The average molecular weight is 331 g/mol. The number of likely N-dealkylation sites (tertiary alicyclic amines) is 1. The smallest absolute Gasteiger partial charge is 0.278 e. The summed E-state index contributed by atoms with van der Waals surface area (Å²) >= 11 is 0. The Morgan fingerprint density at radius 2 is 2.08 bits per heavy atom. The minimum Gasteiger partial charge on any atom is -0.477 e. The molecule has 1 atom stereocenters. The third-order valence-electron chi connectivity index (χ3n) is 3.67. The lowest BCUT2D eigenvalue weighted by atomic mass is 10.3. The first kappa shape index (κ1) is 15.9. The SMILES string of the molecule is COc1nccnc1OC1CCN(C(=O)Cn2ncccc2=O)C1. The van der Waals surface area contributed by atoms with Gasteiger partial charge in [0.25, 0.3) is 17.3 Å². The zero-order chi connectivity index (χ0) is 16.9. The van der Waals surface area contributed by atoms with Gasteiger partial charge in [-0.15, -0.1) is 0 Å². The van der Waals surface area contributed by atoms with Crippen LogP contribution in [-0.2, 0) is 11.3 Å². The molecule has 0 aliphatic carbocycles. The van der Waals surface area contributed by atoms with Gasteiger partial charge in [-0.3, -0.25) is 9.59 Å².